The molecule has 2 saturated heterocycles. The van der Waals surface area contributed by atoms with E-state index in [0.29, 0.717) is 30.2 Å². The van der Waals surface area contributed by atoms with Crippen LogP contribution in [-0.2, 0) is 0 Å². The highest BCUT2D eigenvalue weighted by atomic mass is 16.5. The molecule has 12 nitrogen and oxygen atoms in total. The van der Waals surface area contributed by atoms with Crippen LogP contribution < -0.4 is 30.1 Å². The maximum absolute atomic E-state index is 13.0. The Morgan fingerprint density at radius 3 is 2.76 bits per heavy atom. The number of anilines is 4. The quantitative estimate of drug-likeness (QED) is 0.559. The van der Waals surface area contributed by atoms with Crippen molar-refractivity contribution >= 4 is 35.0 Å². The predicted octanol–water partition coefficient (Wildman–Crippen LogP) is 1.58. The first-order valence-corrected chi connectivity index (χ1v) is 10.9. The second kappa shape index (κ2) is 9.35. The van der Waals surface area contributed by atoms with Crippen molar-refractivity contribution < 1.29 is 18.7 Å². The molecule has 0 atom stereocenters. The van der Waals surface area contributed by atoms with E-state index in [-0.39, 0.29) is 17.9 Å². The molecule has 3 amide bonds. The number of rotatable bonds is 6. The summed E-state index contributed by atoms with van der Waals surface area (Å²) in [7, 11) is 1.57. The molecule has 12 heteroatoms. The molecule has 4 heterocycles. The van der Waals surface area contributed by atoms with Gasteiger partial charge in [0, 0.05) is 50.7 Å². The maximum Gasteiger partial charge on any atom is 0.332 e. The lowest BCUT2D eigenvalue weighted by Gasteiger charge is -2.30. The summed E-state index contributed by atoms with van der Waals surface area (Å²) in [6.45, 7) is 4.13. The molecular weight excluding hydrogens is 440 g/mol. The Bertz CT molecular complexity index is 1190. The molecule has 2 aliphatic heterocycles. The van der Waals surface area contributed by atoms with Gasteiger partial charge in [-0.15, -0.1) is 5.10 Å². The van der Waals surface area contributed by atoms with Gasteiger partial charge in [0.15, 0.2) is 0 Å². The Labute approximate surface area is 195 Å². The molecule has 2 fully saturated rings. The van der Waals surface area contributed by atoms with E-state index in [2.05, 4.69) is 30.7 Å². The van der Waals surface area contributed by atoms with Crippen LogP contribution in [0, 0.1) is 0 Å². The smallest absolute Gasteiger partial charge is 0.332 e. The molecule has 0 aliphatic carbocycles. The summed E-state index contributed by atoms with van der Waals surface area (Å²) >= 11 is 0. The van der Waals surface area contributed by atoms with E-state index in [0.717, 1.165) is 31.9 Å². The van der Waals surface area contributed by atoms with Crippen LogP contribution in [0.4, 0.5) is 27.9 Å². The molecule has 176 valence electrons. The minimum Gasteiger partial charge on any atom is -0.497 e. The van der Waals surface area contributed by atoms with Crippen molar-refractivity contribution in [1.82, 2.24) is 20.5 Å². The topological polar surface area (TPSA) is 129 Å². The lowest BCUT2D eigenvalue weighted by Crippen LogP contribution is -2.43. The molecule has 2 aliphatic rings. The number of aromatic nitrogens is 3. The van der Waals surface area contributed by atoms with Crippen LogP contribution in [0.15, 0.2) is 47.1 Å². The number of piperazine rings is 1. The standard InChI is InChI=1S/C22H24N8O4/c1-33-16-4-2-3-15(13-16)29-11-12-30(22(29)32)21-27-26-20(34-21)19(31)25-17-14-24-6-5-18(17)28-9-7-23-8-10-28/h2-6,13-14,23H,7-12H2,1H3,(H,25,31). The van der Waals surface area contributed by atoms with Gasteiger partial charge in [-0.05, 0) is 18.2 Å². The number of hydrogen-bond acceptors (Lipinski definition) is 9. The minimum absolute atomic E-state index is 0.0333. The zero-order chi connectivity index (χ0) is 23.5. The number of pyridine rings is 1. The Hall–Kier alpha value is -4.19. The highest BCUT2D eigenvalue weighted by molar-refractivity contribution is 6.06. The number of nitrogens with zero attached hydrogens (tertiary/aromatic N) is 6. The van der Waals surface area contributed by atoms with Gasteiger partial charge < -0.3 is 24.7 Å². The van der Waals surface area contributed by atoms with Crippen molar-refractivity contribution in [1.29, 1.82) is 0 Å². The van der Waals surface area contributed by atoms with Gasteiger partial charge in [-0.3, -0.25) is 14.7 Å². The van der Waals surface area contributed by atoms with Crippen LogP contribution in [0.5, 0.6) is 5.75 Å². The summed E-state index contributed by atoms with van der Waals surface area (Å²) in [5.41, 5.74) is 2.12. The van der Waals surface area contributed by atoms with Crippen molar-refractivity contribution in [3.8, 4) is 5.75 Å². The van der Waals surface area contributed by atoms with E-state index in [9.17, 15) is 9.59 Å². The molecule has 3 aromatic rings. The zero-order valence-corrected chi connectivity index (χ0v) is 18.6. The van der Waals surface area contributed by atoms with Gasteiger partial charge in [0.05, 0.1) is 31.2 Å². The third kappa shape index (κ3) is 4.22. The van der Waals surface area contributed by atoms with Crippen molar-refractivity contribution in [3.05, 3.63) is 48.6 Å². The second-order valence-electron chi connectivity index (χ2n) is 7.76. The zero-order valence-electron chi connectivity index (χ0n) is 18.6. The predicted molar refractivity (Wildman–Crippen MR) is 125 cm³/mol. The SMILES string of the molecule is COc1cccc(N2CCN(c3nnc(C(=O)Nc4cnccc4N4CCNCC4)o3)C2=O)c1. The fraction of sp³-hybridized carbons (Fsp3) is 0.318. The summed E-state index contributed by atoms with van der Waals surface area (Å²) < 4.78 is 10.8. The summed E-state index contributed by atoms with van der Waals surface area (Å²) in [6, 6.07) is 8.72. The Morgan fingerprint density at radius 2 is 1.94 bits per heavy atom. The van der Waals surface area contributed by atoms with E-state index < -0.39 is 5.91 Å². The molecule has 0 saturated carbocycles. The summed E-state index contributed by atoms with van der Waals surface area (Å²) in [5.74, 6) is -0.159. The Morgan fingerprint density at radius 1 is 1.12 bits per heavy atom. The number of nitrogens with one attached hydrogen (secondary N) is 2. The van der Waals surface area contributed by atoms with Crippen LogP contribution in [0.2, 0.25) is 0 Å². The van der Waals surface area contributed by atoms with E-state index >= 15 is 0 Å². The van der Waals surface area contributed by atoms with Gasteiger partial charge in [0.25, 0.3) is 0 Å². The minimum atomic E-state index is -0.570. The third-order valence-corrected chi connectivity index (χ3v) is 5.72. The highest BCUT2D eigenvalue weighted by Gasteiger charge is 2.34. The molecule has 0 radical (unpaired) electrons. The Balaban J connectivity index is 1.29. The average Bonchev–Trinajstić information content (AvgIpc) is 3.52. The van der Waals surface area contributed by atoms with Crippen LogP contribution in [0.25, 0.3) is 0 Å². The number of urea groups is 1. The first-order chi connectivity index (χ1) is 16.6. The van der Waals surface area contributed by atoms with E-state index in [1.807, 2.05) is 18.2 Å². The first-order valence-electron chi connectivity index (χ1n) is 10.9. The average molecular weight is 464 g/mol. The van der Waals surface area contributed by atoms with Crippen molar-refractivity contribution in [2.24, 2.45) is 0 Å². The lowest BCUT2D eigenvalue weighted by molar-refractivity contribution is 0.0990. The van der Waals surface area contributed by atoms with Crippen LogP contribution in [-0.4, -0.2) is 73.5 Å². The largest absolute Gasteiger partial charge is 0.497 e. The van der Waals surface area contributed by atoms with Gasteiger partial charge in [-0.2, -0.15) is 0 Å². The van der Waals surface area contributed by atoms with Crippen molar-refractivity contribution in [2.45, 2.75) is 0 Å². The number of methoxy groups -OCH3 is 1. The number of ether oxygens (including phenoxy) is 1. The Kier molecular flexibility index (Phi) is 5.95. The molecule has 2 aromatic heterocycles. The van der Waals surface area contributed by atoms with Crippen LogP contribution >= 0.6 is 0 Å². The molecule has 1 aromatic carbocycles. The van der Waals surface area contributed by atoms with Crippen molar-refractivity contribution in [3.63, 3.8) is 0 Å². The monoisotopic (exact) mass is 464 g/mol. The third-order valence-electron chi connectivity index (χ3n) is 5.72. The van der Waals surface area contributed by atoms with Crippen LogP contribution in [0.3, 0.4) is 0 Å². The maximum atomic E-state index is 13.0. The molecule has 0 unspecified atom stereocenters. The second-order valence-corrected chi connectivity index (χ2v) is 7.76. The molecule has 2 N–H and O–H groups in total. The molecule has 0 spiro atoms. The fourth-order valence-corrected chi connectivity index (χ4v) is 3.99. The number of amides is 3. The van der Waals surface area contributed by atoms with Gasteiger partial charge in [-0.1, -0.05) is 11.2 Å². The molecule has 5 rings (SSSR count). The lowest BCUT2D eigenvalue weighted by atomic mass is 10.2. The van der Waals surface area contributed by atoms with E-state index in [1.165, 1.54) is 4.90 Å². The number of benzene rings is 1. The molecule has 34 heavy (non-hydrogen) atoms. The highest BCUT2D eigenvalue weighted by Crippen LogP contribution is 2.28. The summed E-state index contributed by atoms with van der Waals surface area (Å²) in [4.78, 5) is 35.0. The van der Waals surface area contributed by atoms with Gasteiger partial charge >= 0.3 is 23.8 Å². The van der Waals surface area contributed by atoms with Gasteiger partial charge in [-0.25, -0.2) is 9.69 Å². The van der Waals surface area contributed by atoms with Gasteiger partial charge in [0.2, 0.25) is 0 Å². The van der Waals surface area contributed by atoms with Crippen LogP contribution in [0.1, 0.15) is 10.7 Å². The van der Waals surface area contributed by atoms with Crippen molar-refractivity contribution in [2.75, 3.05) is 66.4 Å². The van der Waals surface area contributed by atoms with E-state index in [4.69, 9.17) is 9.15 Å². The van der Waals surface area contributed by atoms with Gasteiger partial charge in [0.1, 0.15) is 5.75 Å². The number of hydrogen-bond donors (Lipinski definition) is 2. The number of carbonyl (C=O) groups is 2. The summed E-state index contributed by atoms with van der Waals surface area (Å²) in [6.07, 6.45) is 3.27. The number of carbonyl (C=O) groups excluding carboxylic acids is 2. The summed E-state index contributed by atoms with van der Waals surface area (Å²) in [5, 5.41) is 13.9. The normalized spacial score (nSPS) is 16.1. The molecule has 0 bridgehead atoms. The molecular formula is C22H24N8O4. The fourth-order valence-electron chi connectivity index (χ4n) is 3.99. The van der Waals surface area contributed by atoms with E-state index in [1.54, 1.807) is 36.5 Å². The first kappa shape index (κ1) is 21.6.